The maximum Gasteiger partial charge on any atom is 0.335 e. The summed E-state index contributed by atoms with van der Waals surface area (Å²) in [4.78, 5) is 22.3. The maximum atomic E-state index is 11.6. The number of benzene rings is 3. The molecule has 0 heterocycles. The molecule has 0 bridgehead atoms. The van der Waals surface area contributed by atoms with Crippen molar-refractivity contribution in [1.82, 2.24) is 0 Å². The molecular weight excluding hydrogens is 608 g/mol. The molecule has 0 atom stereocenters. The lowest BCUT2D eigenvalue weighted by Gasteiger charge is -2.28. The van der Waals surface area contributed by atoms with Gasteiger partial charge in [-0.25, -0.2) is 4.79 Å². The molecule has 1 N–H and O–H groups in total. The molecule has 3 aromatic rings. The number of aromatic carboxylic acids is 1. The van der Waals surface area contributed by atoms with Crippen LogP contribution in [0.3, 0.4) is 0 Å². The van der Waals surface area contributed by atoms with Gasteiger partial charge in [0.25, 0.3) is 0 Å². The van der Waals surface area contributed by atoms with E-state index in [2.05, 4.69) is 20.8 Å². The largest absolute Gasteiger partial charge is 0.493 e. The first kappa shape index (κ1) is 41.7. The van der Waals surface area contributed by atoms with Crippen LogP contribution in [-0.2, 0) is 4.74 Å². The van der Waals surface area contributed by atoms with Crippen LogP contribution in [0.5, 0.6) is 5.75 Å². The van der Waals surface area contributed by atoms with Gasteiger partial charge in [-0.2, -0.15) is 0 Å². The first-order chi connectivity index (χ1) is 23.8. The average molecular weight is 673 g/mol. The topological polar surface area (TPSA) is 72.8 Å². The molecule has 2 aliphatic rings. The Morgan fingerprint density at radius 1 is 0.653 bits per heavy atom. The fourth-order valence-corrected chi connectivity index (χ4v) is 5.18. The molecule has 3 aromatic carbocycles. The van der Waals surface area contributed by atoms with E-state index in [0.717, 1.165) is 61.5 Å². The van der Waals surface area contributed by atoms with Gasteiger partial charge in [-0.15, -0.1) is 0 Å². The average Bonchev–Trinajstić information content (AvgIpc) is 3.04. The number of carbonyl (C=O) groups is 2. The minimum Gasteiger partial charge on any atom is -0.493 e. The summed E-state index contributed by atoms with van der Waals surface area (Å²) in [6, 6.07) is 21.0. The van der Waals surface area contributed by atoms with E-state index < -0.39 is 5.97 Å². The van der Waals surface area contributed by atoms with Crippen LogP contribution in [0.25, 0.3) is 11.1 Å². The summed E-state index contributed by atoms with van der Waals surface area (Å²) in [5.41, 5.74) is 5.70. The van der Waals surface area contributed by atoms with Crippen LogP contribution < -0.4 is 4.74 Å². The number of carboxylic acid groups (broad SMARTS) is 1. The van der Waals surface area contributed by atoms with Gasteiger partial charge in [-0.1, -0.05) is 121 Å². The van der Waals surface area contributed by atoms with Gasteiger partial charge in [0.2, 0.25) is 0 Å². The number of ether oxygens (including phenoxy) is 2. The van der Waals surface area contributed by atoms with E-state index in [9.17, 15) is 9.59 Å². The van der Waals surface area contributed by atoms with Crippen LogP contribution >= 0.6 is 0 Å². The zero-order valence-corrected chi connectivity index (χ0v) is 31.2. The highest BCUT2D eigenvalue weighted by Crippen LogP contribution is 2.41. The molecule has 2 saturated carbocycles. The molecule has 5 nitrogen and oxygen atoms in total. The summed E-state index contributed by atoms with van der Waals surface area (Å²) < 4.78 is 11.5. The van der Waals surface area contributed by atoms with Gasteiger partial charge >= 0.3 is 5.97 Å². The molecule has 270 valence electrons. The lowest BCUT2D eigenvalue weighted by atomic mass is 9.79. The van der Waals surface area contributed by atoms with E-state index in [1.807, 2.05) is 61.5 Å². The summed E-state index contributed by atoms with van der Waals surface area (Å²) in [6.45, 7) is 12.7. The number of ketones is 1. The number of hydrogen-bond donors (Lipinski definition) is 1. The fourth-order valence-electron chi connectivity index (χ4n) is 5.18. The van der Waals surface area contributed by atoms with Crippen molar-refractivity contribution in [2.24, 2.45) is 0 Å². The second-order valence-corrected chi connectivity index (χ2v) is 13.3. The summed E-state index contributed by atoms with van der Waals surface area (Å²) >= 11 is 0. The molecule has 0 amide bonds. The smallest absolute Gasteiger partial charge is 0.335 e. The van der Waals surface area contributed by atoms with Gasteiger partial charge in [-0.05, 0) is 105 Å². The minimum absolute atomic E-state index is 0.132. The molecule has 5 heteroatoms. The molecule has 0 radical (unpaired) electrons. The molecular formula is C44H64O5. The molecule has 5 rings (SSSR count). The van der Waals surface area contributed by atoms with E-state index in [1.54, 1.807) is 19.1 Å². The van der Waals surface area contributed by atoms with Crippen LogP contribution in [0, 0.1) is 6.92 Å². The second-order valence-electron chi connectivity index (χ2n) is 13.3. The molecule has 0 unspecified atom stereocenters. The number of carbonyl (C=O) groups excluding carboxylic acids is 1. The van der Waals surface area contributed by atoms with Gasteiger partial charge in [0.1, 0.15) is 5.75 Å². The third-order valence-electron chi connectivity index (χ3n) is 8.97. The highest BCUT2D eigenvalue weighted by Gasteiger charge is 2.23. The molecule has 0 aliphatic heterocycles. The van der Waals surface area contributed by atoms with Crippen molar-refractivity contribution in [2.45, 2.75) is 137 Å². The predicted octanol–water partition coefficient (Wildman–Crippen LogP) is 12.6. The third-order valence-corrected chi connectivity index (χ3v) is 8.97. The lowest BCUT2D eigenvalue weighted by molar-refractivity contribution is 0.0696. The summed E-state index contributed by atoms with van der Waals surface area (Å²) in [7, 11) is 0. The Morgan fingerprint density at radius 3 is 1.65 bits per heavy atom. The summed E-state index contributed by atoms with van der Waals surface area (Å²) in [5.74, 6) is 0.800. The number of hydrogen-bond acceptors (Lipinski definition) is 4. The lowest BCUT2D eigenvalue weighted by Crippen LogP contribution is -2.12. The van der Waals surface area contributed by atoms with E-state index in [-0.39, 0.29) is 5.78 Å². The third kappa shape index (κ3) is 17.2. The first-order valence-electron chi connectivity index (χ1n) is 19.1. The number of rotatable bonds is 16. The van der Waals surface area contributed by atoms with Gasteiger partial charge in [0, 0.05) is 18.8 Å². The van der Waals surface area contributed by atoms with Crippen LogP contribution in [0.15, 0.2) is 66.7 Å². The van der Waals surface area contributed by atoms with Gasteiger partial charge in [0.15, 0.2) is 5.78 Å². The van der Waals surface area contributed by atoms with E-state index in [0.29, 0.717) is 11.5 Å². The Balaban J connectivity index is 0.000000282. The highest BCUT2D eigenvalue weighted by molar-refractivity contribution is 5.94. The quantitative estimate of drug-likeness (QED) is 0.121. The molecule has 0 aromatic heterocycles. The Bertz CT molecular complexity index is 1300. The molecule has 2 fully saturated rings. The molecule has 0 saturated heterocycles. The van der Waals surface area contributed by atoms with Crippen molar-refractivity contribution in [3.05, 3.63) is 89.0 Å². The maximum absolute atomic E-state index is 11.6. The van der Waals surface area contributed by atoms with E-state index in [1.165, 1.54) is 88.2 Å². The Hall–Kier alpha value is -3.44. The zero-order valence-electron chi connectivity index (χ0n) is 31.2. The van der Waals surface area contributed by atoms with Crippen LogP contribution in [0.1, 0.15) is 162 Å². The standard InChI is InChI=1S/C21H32O3.C14H12O2.C5H12.C4H8/c1-3-13-23-14-6-4-5-7-15-24-21-12-11-19(17(2)22)16-20(21)18-9-8-10-18;1-10-2-4-11(5-3-10)12-6-8-13(9-7-12)14(15)16;1-3-5-4-2;1-2-4-3-1/h11-12,16,18H,3-10,13-15H2,1-2H3;2-9H,1H3,(H,15,16);3-5H2,1-2H3;1-4H2. The van der Waals surface area contributed by atoms with E-state index in [4.69, 9.17) is 14.6 Å². The SMILES string of the molecule is C1CCC1.CCCCC.CCCOCCCCCCOc1ccc(C(C)=O)cc1C1CCC1.Cc1ccc(-c2ccc(C(=O)O)cc2)cc1. The number of unbranched alkanes of at least 4 members (excludes halogenated alkanes) is 5. The molecule has 49 heavy (non-hydrogen) atoms. The van der Waals surface area contributed by atoms with Crippen molar-refractivity contribution in [2.75, 3.05) is 19.8 Å². The monoisotopic (exact) mass is 672 g/mol. The number of carboxylic acids is 1. The Kier molecular flexibility index (Phi) is 21.7. The van der Waals surface area contributed by atoms with Crippen molar-refractivity contribution in [3.63, 3.8) is 0 Å². The number of aryl methyl sites for hydroxylation is 1. The summed E-state index contributed by atoms with van der Waals surface area (Å²) in [6.07, 6.45) is 19.5. The second kappa shape index (κ2) is 25.5. The van der Waals surface area contributed by atoms with Crippen LogP contribution in [-0.4, -0.2) is 36.7 Å². The minimum atomic E-state index is -0.893. The van der Waals surface area contributed by atoms with Gasteiger partial charge in [-0.3, -0.25) is 4.79 Å². The van der Waals surface area contributed by atoms with Crippen LogP contribution in [0.4, 0.5) is 0 Å². The van der Waals surface area contributed by atoms with Gasteiger partial charge < -0.3 is 14.6 Å². The Morgan fingerprint density at radius 2 is 1.20 bits per heavy atom. The normalized spacial score (nSPS) is 13.2. The van der Waals surface area contributed by atoms with Crippen molar-refractivity contribution < 1.29 is 24.2 Å². The predicted molar refractivity (Wildman–Crippen MR) is 205 cm³/mol. The number of Topliss-reactive ketones (excluding diaryl/α,β-unsaturated/α-hetero) is 1. The van der Waals surface area contributed by atoms with Gasteiger partial charge in [0.05, 0.1) is 12.2 Å². The summed E-state index contributed by atoms with van der Waals surface area (Å²) in [5, 5.41) is 8.78. The fraction of sp³-hybridized carbons (Fsp3) is 0.545. The van der Waals surface area contributed by atoms with Crippen molar-refractivity contribution in [1.29, 1.82) is 0 Å². The van der Waals surface area contributed by atoms with Crippen molar-refractivity contribution in [3.8, 4) is 16.9 Å². The van der Waals surface area contributed by atoms with E-state index >= 15 is 0 Å². The molecule has 0 spiro atoms. The first-order valence-corrected chi connectivity index (χ1v) is 19.1. The Labute approximate surface area is 297 Å². The van der Waals surface area contributed by atoms with Crippen LogP contribution in [0.2, 0.25) is 0 Å². The van der Waals surface area contributed by atoms with Crippen molar-refractivity contribution >= 4 is 11.8 Å². The highest BCUT2D eigenvalue weighted by atomic mass is 16.5. The zero-order chi connectivity index (χ0) is 35.7. The molecule has 2 aliphatic carbocycles.